The van der Waals surface area contributed by atoms with Crippen molar-refractivity contribution in [3.63, 3.8) is 0 Å². The molecule has 0 aliphatic heterocycles. The molecule has 3 aromatic rings. The van der Waals surface area contributed by atoms with Gasteiger partial charge in [-0.3, -0.25) is 0 Å². The predicted octanol–water partition coefficient (Wildman–Crippen LogP) is 2.74. The highest BCUT2D eigenvalue weighted by Gasteiger charge is 2.41. The van der Waals surface area contributed by atoms with Crippen molar-refractivity contribution in [2.45, 2.75) is 51.1 Å². The van der Waals surface area contributed by atoms with Gasteiger partial charge in [0.15, 0.2) is 0 Å². The molecule has 1 aliphatic carbocycles. The van der Waals surface area contributed by atoms with E-state index in [1.807, 2.05) is 31.2 Å². The average Bonchev–Trinajstić information content (AvgIpc) is 3.27. The molecule has 1 saturated carbocycles. The van der Waals surface area contributed by atoms with Crippen LogP contribution in [-0.2, 0) is 0 Å². The van der Waals surface area contributed by atoms with Gasteiger partial charge in [-0.05, 0) is 39.3 Å². The Labute approximate surface area is 189 Å². The third-order valence-electron chi connectivity index (χ3n) is 5.62. The molecule has 2 heterocycles. The van der Waals surface area contributed by atoms with Crippen molar-refractivity contribution in [2.75, 3.05) is 23.8 Å². The molecule has 32 heavy (non-hydrogen) atoms. The lowest BCUT2D eigenvalue weighted by Crippen LogP contribution is -2.36. The van der Waals surface area contributed by atoms with Gasteiger partial charge >= 0.3 is 0 Å². The number of aliphatic hydroxyl groups is 3. The van der Waals surface area contributed by atoms with Crippen molar-refractivity contribution < 1.29 is 19.7 Å². The first-order valence-electron chi connectivity index (χ1n) is 10.6. The normalized spacial score (nSPS) is 23.6. The maximum atomic E-state index is 14.0. The highest BCUT2D eigenvalue weighted by atomic mass is 32.1. The van der Waals surface area contributed by atoms with Crippen molar-refractivity contribution in [3.8, 4) is 10.6 Å². The minimum atomic E-state index is -1.45. The van der Waals surface area contributed by atoms with E-state index in [-0.39, 0.29) is 19.1 Å². The first kappa shape index (κ1) is 22.8. The molecule has 1 aliphatic rings. The number of rotatable bonds is 7. The molecule has 0 spiro atoms. The minimum absolute atomic E-state index is 0.0315. The molecule has 1 aromatic carbocycles. The van der Waals surface area contributed by atoms with Gasteiger partial charge in [0.2, 0.25) is 5.95 Å². The van der Waals surface area contributed by atoms with Crippen molar-refractivity contribution in [1.29, 1.82) is 0 Å². The summed E-state index contributed by atoms with van der Waals surface area (Å²) in [5.74, 6) is 0.263. The molecular weight excluding hydrogens is 433 g/mol. The van der Waals surface area contributed by atoms with E-state index in [9.17, 15) is 19.7 Å². The van der Waals surface area contributed by atoms with Crippen LogP contribution >= 0.6 is 11.3 Å². The molecule has 172 valence electrons. The van der Waals surface area contributed by atoms with Gasteiger partial charge in [0, 0.05) is 12.5 Å². The summed E-state index contributed by atoms with van der Waals surface area (Å²) >= 11 is 1.50. The SMILES string of the molecule is Cc1nc(NCC(C)(C)F)nc(N[C@@H]2C[C@H](CO)[C@@H](O)[C@H]2O)c1-c1nc2ccccc2s1. The smallest absolute Gasteiger partial charge is 0.225 e. The largest absolute Gasteiger partial charge is 0.396 e. The monoisotopic (exact) mass is 461 g/mol. The van der Waals surface area contributed by atoms with Crippen LogP contribution in [0.5, 0.6) is 0 Å². The predicted molar refractivity (Wildman–Crippen MR) is 124 cm³/mol. The lowest BCUT2D eigenvalue weighted by molar-refractivity contribution is 0.00446. The van der Waals surface area contributed by atoms with E-state index in [4.69, 9.17) is 4.98 Å². The molecule has 1 fully saturated rings. The summed E-state index contributed by atoms with van der Waals surface area (Å²) in [5, 5.41) is 37.1. The van der Waals surface area contributed by atoms with Crippen LogP contribution < -0.4 is 10.6 Å². The van der Waals surface area contributed by atoms with Crippen molar-refractivity contribution in [1.82, 2.24) is 15.0 Å². The second-order valence-electron chi connectivity index (χ2n) is 8.83. The summed E-state index contributed by atoms with van der Waals surface area (Å²) in [4.78, 5) is 13.8. The number of hydrogen-bond donors (Lipinski definition) is 5. The van der Waals surface area contributed by atoms with Crippen LogP contribution in [0.15, 0.2) is 24.3 Å². The Morgan fingerprint density at radius 1 is 1.16 bits per heavy atom. The highest BCUT2D eigenvalue weighted by Crippen LogP contribution is 2.38. The molecule has 0 radical (unpaired) electrons. The summed E-state index contributed by atoms with van der Waals surface area (Å²) in [6.07, 6.45) is -1.72. The Bertz CT molecular complexity index is 1070. The van der Waals surface area contributed by atoms with E-state index in [2.05, 4.69) is 20.6 Å². The minimum Gasteiger partial charge on any atom is -0.396 e. The van der Waals surface area contributed by atoms with E-state index >= 15 is 0 Å². The molecule has 4 rings (SSSR count). The number of nitrogens with zero attached hydrogens (tertiary/aromatic N) is 3. The first-order valence-corrected chi connectivity index (χ1v) is 11.4. The Morgan fingerprint density at radius 3 is 2.56 bits per heavy atom. The Morgan fingerprint density at radius 2 is 1.91 bits per heavy atom. The van der Waals surface area contributed by atoms with Crippen LogP contribution in [0.1, 0.15) is 26.0 Å². The van der Waals surface area contributed by atoms with Crippen molar-refractivity contribution in [3.05, 3.63) is 30.0 Å². The number of aryl methyl sites for hydroxylation is 1. The molecule has 0 saturated heterocycles. The molecule has 2 aromatic heterocycles. The summed E-state index contributed by atoms with van der Waals surface area (Å²) in [6, 6.07) is 7.27. The second kappa shape index (κ2) is 8.86. The van der Waals surface area contributed by atoms with Gasteiger partial charge < -0.3 is 26.0 Å². The van der Waals surface area contributed by atoms with Crippen LogP contribution in [0.3, 0.4) is 0 Å². The third-order valence-corrected chi connectivity index (χ3v) is 6.68. The third kappa shape index (κ3) is 4.68. The number of thiazole rings is 1. The van der Waals surface area contributed by atoms with E-state index < -0.39 is 29.8 Å². The zero-order chi connectivity index (χ0) is 23.0. The summed E-state index contributed by atoms with van der Waals surface area (Å²) < 4.78 is 15.0. The molecular formula is C22H28FN5O3S. The van der Waals surface area contributed by atoms with Crippen LogP contribution in [0.2, 0.25) is 0 Å². The number of hydrogen-bond acceptors (Lipinski definition) is 9. The fourth-order valence-corrected chi connectivity index (χ4v) is 4.97. The van der Waals surface area contributed by atoms with E-state index in [0.717, 1.165) is 15.2 Å². The first-order chi connectivity index (χ1) is 15.2. The second-order valence-corrected chi connectivity index (χ2v) is 9.86. The number of alkyl halides is 1. The van der Waals surface area contributed by atoms with Gasteiger partial charge in [-0.1, -0.05) is 12.1 Å². The summed E-state index contributed by atoms with van der Waals surface area (Å²) in [5.41, 5.74) is 0.741. The lowest BCUT2D eigenvalue weighted by Gasteiger charge is -2.22. The van der Waals surface area contributed by atoms with Gasteiger partial charge in [-0.15, -0.1) is 11.3 Å². The zero-order valence-corrected chi connectivity index (χ0v) is 19.0. The number of fused-ring (bicyclic) bond motifs is 1. The van der Waals surface area contributed by atoms with Crippen LogP contribution in [0, 0.1) is 12.8 Å². The molecule has 4 atom stereocenters. The standard InChI is InChI=1S/C22H28FN5O3S/c1-11-16(20-27-13-6-4-5-7-15(13)32-20)19(28-21(25-11)24-10-22(2,3)23)26-14-8-12(9-29)17(30)18(14)31/h4-7,12,14,17-18,29-31H,8-10H2,1-3H3,(H2,24,25,26,28)/t12-,14-,17-,18+/m1/s1. The van der Waals surface area contributed by atoms with Crippen molar-refractivity contribution in [2.24, 2.45) is 5.92 Å². The summed E-state index contributed by atoms with van der Waals surface area (Å²) in [7, 11) is 0. The van der Waals surface area contributed by atoms with Crippen molar-refractivity contribution >= 4 is 33.3 Å². The summed E-state index contributed by atoms with van der Waals surface area (Å²) in [6.45, 7) is 4.57. The molecule has 0 unspecified atom stereocenters. The van der Waals surface area contributed by atoms with Crippen LogP contribution in [0.4, 0.5) is 16.2 Å². The van der Waals surface area contributed by atoms with Gasteiger partial charge in [0.25, 0.3) is 0 Å². The van der Waals surface area contributed by atoms with E-state index in [0.29, 0.717) is 23.5 Å². The number of halogens is 1. The topological polar surface area (TPSA) is 123 Å². The maximum Gasteiger partial charge on any atom is 0.225 e. The number of aliphatic hydroxyl groups excluding tert-OH is 3. The number of benzene rings is 1. The molecule has 0 bridgehead atoms. The van der Waals surface area contributed by atoms with E-state index in [1.165, 1.54) is 25.2 Å². The van der Waals surface area contributed by atoms with Crippen LogP contribution in [-0.4, -0.2) is 67.3 Å². The molecule has 5 N–H and O–H groups in total. The van der Waals surface area contributed by atoms with E-state index in [1.54, 1.807) is 0 Å². The zero-order valence-electron chi connectivity index (χ0n) is 18.2. The molecule has 0 amide bonds. The number of para-hydroxylation sites is 1. The quantitative estimate of drug-likeness (QED) is 0.364. The number of anilines is 2. The fraction of sp³-hybridized carbons (Fsp3) is 0.500. The Kier molecular flexibility index (Phi) is 6.30. The highest BCUT2D eigenvalue weighted by molar-refractivity contribution is 7.21. The Balaban J connectivity index is 1.74. The maximum absolute atomic E-state index is 14.0. The molecule has 10 heteroatoms. The molecule has 8 nitrogen and oxygen atoms in total. The van der Waals surface area contributed by atoms with Gasteiger partial charge in [-0.2, -0.15) is 4.98 Å². The number of aromatic nitrogens is 3. The lowest BCUT2D eigenvalue weighted by atomic mass is 10.1. The van der Waals surface area contributed by atoms with Gasteiger partial charge in [0.1, 0.15) is 22.6 Å². The fourth-order valence-electron chi connectivity index (χ4n) is 3.91. The average molecular weight is 462 g/mol. The van der Waals surface area contributed by atoms with Gasteiger partial charge in [-0.25, -0.2) is 14.4 Å². The van der Waals surface area contributed by atoms with Gasteiger partial charge in [0.05, 0.1) is 40.2 Å². The van der Waals surface area contributed by atoms with Crippen LogP contribution in [0.25, 0.3) is 20.8 Å². The Hall–Kier alpha value is -2.40. The number of nitrogens with one attached hydrogen (secondary N) is 2.